The van der Waals surface area contributed by atoms with Crippen molar-refractivity contribution in [3.8, 4) is 11.4 Å². The fraction of sp³-hybridized carbons (Fsp3) is 0.182. The fourth-order valence-electron chi connectivity index (χ4n) is 3.71. The van der Waals surface area contributed by atoms with Crippen LogP contribution < -0.4 is 4.74 Å². The number of rotatable bonds is 4. The number of carbonyl (C=O) groups is 1. The third kappa shape index (κ3) is 2.81. The molecule has 0 bridgehead atoms. The summed E-state index contributed by atoms with van der Waals surface area (Å²) in [7, 11) is 1.61. The molecule has 0 aliphatic heterocycles. The summed E-state index contributed by atoms with van der Waals surface area (Å²) in [4.78, 5) is 16.0. The number of ether oxygens (including phenoxy) is 1. The van der Waals surface area contributed by atoms with E-state index in [9.17, 15) is 9.90 Å². The number of carboxylic acid groups (broad SMARTS) is 1. The first kappa shape index (κ1) is 17.1. The number of nitrogens with zero attached hydrogens (tertiary/aromatic N) is 2. The SMILES string of the molecule is COc1ccc2c(c1)c(CC(=O)O)c(C)n2-c1ccnc2cc(C)ccc12. The Labute approximate surface area is 156 Å². The van der Waals surface area contributed by atoms with Crippen molar-refractivity contribution in [2.24, 2.45) is 0 Å². The van der Waals surface area contributed by atoms with Crippen molar-refractivity contribution >= 4 is 27.8 Å². The van der Waals surface area contributed by atoms with Crippen LogP contribution in [0.2, 0.25) is 0 Å². The standard InChI is InChI=1S/C22H20N2O3/c1-13-4-6-16-19(10-13)23-9-8-21(16)24-14(2)17(12-22(25)26)18-11-15(27-3)5-7-20(18)24/h4-11H,12H2,1-3H3,(H,25,26). The van der Waals surface area contributed by atoms with Crippen LogP contribution in [0.25, 0.3) is 27.5 Å². The fourth-order valence-corrected chi connectivity index (χ4v) is 3.71. The molecule has 2 heterocycles. The minimum Gasteiger partial charge on any atom is -0.497 e. The molecule has 0 spiro atoms. The van der Waals surface area contributed by atoms with Crippen LogP contribution in [0.4, 0.5) is 0 Å². The zero-order valence-corrected chi connectivity index (χ0v) is 15.5. The number of fused-ring (bicyclic) bond motifs is 2. The lowest BCUT2D eigenvalue weighted by Gasteiger charge is -2.12. The summed E-state index contributed by atoms with van der Waals surface area (Å²) in [6.07, 6.45) is 1.76. The Hall–Kier alpha value is -3.34. The van der Waals surface area contributed by atoms with E-state index < -0.39 is 5.97 Å². The number of aliphatic carboxylic acids is 1. The van der Waals surface area contributed by atoms with Crippen LogP contribution in [0.5, 0.6) is 5.75 Å². The Balaban J connectivity index is 2.08. The van der Waals surface area contributed by atoms with E-state index in [1.54, 1.807) is 13.3 Å². The Morgan fingerprint density at radius 1 is 1.11 bits per heavy atom. The Morgan fingerprint density at radius 2 is 1.93 bits per heavy atom. The summed E-state index contributed by atoms with van der Waals surface area (Å²) < 4.78 is 7.47. The van der Waals surface area contributed by atoms with Gasteiger partial charge in [0.25, 0.3) is 0 Å². The highest BCUT2D eigenvalue weighted by atomic mass is 16.5. The lowest BCUT2D eigenvalue weighted by Crippen LogP contribution is -2.03. The summed E-state index contributed by atoms with van der Waals surface area (Å²) >= 11 is 0. The molecule has 0 saturated carbocycles. The van der Waals surface area contributed by atoms with Crippen molar-refractivity contribution in [3.63, 3.8) is 0 Å². The zero-order chi connectivity index (χ0) is 19.1. The van der Waals surface area contributed by atoms with Gasteiger partial charge in [-0.25, -0.2) is 0 Å². The van der Waals surface area contributed by atoms with Gasteiger partial charge in [0.1, 0.15) is 5.75 Å². The highest BCUT2D eigenvalue weighted by molar-refractivity contribution is 5.95. The average Bonchev–Trinajstić information content (AvgIpc) is 2.91. The van der Waals surface area contributed by atoms with Gasteiger partial charge >= 0.3 is 5.97 Å². The van der Waals surface area contributed by atoms with E-state index in [0.717, 1.165) is 44.3 Å². The summed E-state index contributed by atoms with van der Waals surface area (Å²) in [5.41, 5.74) is 5.73. The third-order valence-corrected chi connectivity index (χ3v) is 4.99. The van der Waals surface area contributed by atoms with Crippen LogP contribution >= 0.6 is 0 Å². The first-order valence-electron chi connectivity index (χ1n) is 8.75. The molecule has 0 amide bonds. The summed E-state index contributed by atoms with van der Waals surface area (Å²) in [5.74, 6) is -0.142. The molecule has 5 heteroatoms. The van der Waals surface area contributed by atoms with Crippen LogP contribution in [0.3, 0.4) is 0 Å². The largest absolute Gasteiger partial charge is 0.497 e. The van der Waals surface area contributed by atoms with Crippen LogP contribution in [0.1, 0.15) is 16.8 Å². The molecule has 0 atom stereocenters. The van der Waals surface area contributed by atoms with Crippen molar-refractivity contribution in [3.05, 3.63) is 65.5 Å². The molecule has 0 radical (unpaired) electrons. The van der Waals surface area contributed by atoms with Gasteiger partial charge in [-0.2, -0.15) is 0 Å². The van der Waals surface area contributed by atoms with Gasteiger partial charge in [-0.15, -0.1) is 0 Å². The number of hydrogen-bond acceptors (Lipinski definition) is 3. The molecule has 27 heavy (non-hydrogen) atoms. The van der Waals surface area contributed by atoms with Crippen molar-refractivity contribution in [1.29, 1.82) is 0 Å². The summed E-state index contributed by atoms with van der Waals surface area (Å²) in [5, 5.41) is 11.3. The second-order valence-corrected chi connectivity index (χ2v) is 6.70. The average molecular weight is 360 g/mol. The predicted octanol–water partition coefficient (Wildman–Crippen LogP) is 4.43. The Bertz CT molecular complexity index is 1190. The molecule has 2 aromatic carbocycles. The van der Waals surface area contributed by atoms with E-state index in [-0.39, 0.29) is 6.42 Å². The number of methoxy groups -OCH3 is 1. The van der Waals surface area contributed by atoms with Gasteiger partial charge in [0.2, 0.25) is 0 Å². The molecule has 0 saturated heterocycles. The van der Waals surface area contributed by atoms with Gasteiger partial charge in [0.15, 0.2) is 0 Å². The molecule has 0 aliphatic carbocycles. The molecule has 0 fully saturated rings. The lowest BCUT2D eigenvalue weighted by molar-refractivity contribution is -0.136. The Kier molecular flexibility index (Phi) is 4.07. The molecular formula is C22H20N2O3. The maximum absolute atomic E-state index is 11.5. The van der Waals surface area contributed by atoms with Gasteiger partial charge in [-0.3, -0.25) is 9.78 Å². The number of pyridine rings is 1. The number of benzene rings is 2. The maximum Gasteiger partial charge on any atom is 0.307 e. The van der Waals surface area contributed by atoms with E-state index >= 15 is 0 Å². The topological polar surface area (TPSA) is 64.3 Å². The van der Waals surface area contributed by atoms with Crippen molar-refractivity contribution in [1.82, 2.24) is 9.55 Å². The number of carboxylic acids is 1. The third-order valence-electron chi connectivity index (χ3n) is 4.99. The highest BCUT2D eigenvalue weighted by Crippen LogP contribution is 2.34. The smallest absolute Gasteiger partial charge is 0.307 e. The van der Waals surface area contributed by atoms with E-state index in [2.05, 4.69) is 27.8 Å². The second kappa shape index (κ2) is 6.43. The number of hydrogen-bond donors (Lipinski definition) is 1. The van der Waals surface area contributed by atoms with E-state index in [4.69, 9.17) is 4.74 Å². The number of aromatic nitrogens is 2. The van der Waals surface area contributed by atoms with Crippen molar-refractivity contribution in [2.45, 2.75) is 20.3 Å². The van der Waals surface area contributed by atoms with Crippen LogP contribution in [0.15, 0.2) is 48.7 Å². The van der Waals surface area contributed by atoms with Gasteiger partial charge in [-0.05, 0) is 55.3 Å². The summed E-state index contributed by atoms with van der Waals surface area (Å²) in [6, 6.07) is 13.9. The molecule has 2 aromatic heterocycles. The minimum absolute atomic E-state index is 0.0371. The molecule has 4 rings (SSSR count). The van der Waals surface area contributed by atoms with Crippen LogP contribution in [-0.2, 0) is 11.2 Å². The monoisotopic (exact) mass is 360 g/mol. The maximum atomic E-state index is 11.5. The molecule has 4 aromatic rings. The van der Waals surface area contributed by atoms with Crippen molar-refractivity contribution in [2.75, 3.05) is 7.11 Å². The van der Waals surface area contributed by atoms with E-state index in [1.807, 2.05) is 38.1 Å². The van der Waals surface area contributed by atoms with E-state index in [1.165, 1.54) is 0 Å². The van der Waals surface area contributed by atoms with Gasteiger partial charge in [-0.1, -0.05) is 12.1 Å². The van der Waals surface area contributed by atoms with E-state index in [0.29, 0.717) is 5.75 Å². The normalized spacial score (nSPS) is 11.2. The molecular weight excluding hydrogens is 340 g/mol. The summed E-state index contributed by atoms with van der Waals surface area (Å²) in [6.45, 7) is 4.01. The number of aryl methyl sites for hydroxylation is 1. The molecule has 0 unspecified atom stereocenters. The second-order valence-electron chi connectivity index (χ2n) is 6.70. The zero-order valence-electron chi connectivity index (χ0n) is 15.5. The lowest BCUT2D eigenvalue weighted by atomic mass is 10.1. The van der Waals surface area contributed by atoms with Gasteiger partial charge < -0.3 is 14.4 Å². The van der Waals surface area contributed by atoms with Crippen LogP contribution in [-0.4, -0.2) is 27.7 Å². The van der Waals surface area contributed by atoms with Crippen LogP contribution in [0, 0.1) is 13.8 Å². The van der Waals surface area contributed by atoms with Gasteiger partial charge in [0, 0.05) is 22.7 Å². The molecule has 0 aliphatic rings. The highest BCUT2D eigenvalue weighted by Gasteiger charge is 2.19. The minimum atomic E-state index is -0.852. The first-order chi connectivity index (χ1) is 13.0. The predicted molar refractivity (Wildman–Crippen MR) is 106 cm³/mol. The van der Waals surface area contributed by atoms with Crippen molar-refractivity contribution < 1.29 is 14.6 Å². The first-order valence-corrected chi connectivity index (χ1v) is 8.75. The quantitative estimate of drug-likeness (QED) is 0.585. The molecule has 136 valence electrons. The molecule has 5 nitrogen and oxygen atoms in total. The Morgan fingerprint density at radius 3 is 2.67 bits per heavy atom. The van der Waals surface area contributed by atoms with Gasteiger partial charge in [0.05, 0.1) is 30.3 Å². The molecule has 1 N–H and O–H groups in total.